The number of rotatable bonds is 6. The summed E-state index contributed by atoms with van der Waals surface area (Å²) in [5, 5.41) is 7.40. The summed E-state index contributed by atoms with van der Waals surface area (Å²) in [5.74, 6) is 0. The van der Waals surface area contributed by atoms with E-state index in [9.17, 15) is 0 Å². The predicted molar refractivity (Wildman–Crippen MR) is 206 cm³/mol. The maximum atomic E-state index is 16.0. The van der Waals surface area contributed by atoms with Gasteiger partial charge in [-0.05, 0) is 23.6 Å². The molecule has 4 nitrogen and oxygen atoms in total. The second kappa shape index (κ2) is 11.6. The Morgan fingerprint density at radius 3 is 1.33 bits per heavy atom. The van der Waals surface area contributed by atoms with E-state index in [2.05, 4.69) is 22.6 Å². The fourth-order valence-corrected chi connectivity index (χ4v) is 13.0. The Labute approximate surface area is 284 Å². The Bertz CT molecular complexity index is 2680. The lowest BCUT2D eigenvalue weighted by atomic mass is 10.1. The van der Waals surface area contributed by atoms with Gasteiger partial charge in [-0.2, -0.15) is 0 Å². The average molecular weight is 669 g/mol. The standard InChI is InChI=1S/C43H30N2O2P2/c46-48(31-17-5-1-6-18-31,32-19-7-2-8-20-32)39-29-16-28-38-41(39)44-43-37-26-14-13-25-35(37)36-27-15-30-40(42(36)45(38)43)49(47,33-21-9-3-10-22-33)34-23-11-4-12-24-34/h1-30H. The molecule has 0 bridgehead atoms. The van der Waals surface area contributed by atoms with Crippen LogP contribution in [0.3, 0.4) is 0 Å². The summed E-state index contributed by atoms with van der Waals surface area (Å²) in [4.78, 5) is 5.38. The third kappa shape index (κ3) is 4.42. The summed E-state index contributed by atoms with van der Waals surface area (Å²) in [6.07, 6.45) is 0. The van der Waals surface area contributed by atoms with E-state index in [1.54, 1.807) is 0 Å². The minimum atomic E-state index is -3.40. The SMILES string of the molecule is O=P(c1ccccc1)(c1ccccc1)c1cccc2c1nc1c3ccccc3c3cccc(P(=O)(c4ccccc4)c4ccccc4)c3n21. The van der Waals surface area contributed by atoms with Crippen LogP contribution in [0.2, 0.25) is 0 Å². The monoisotopic (exact) mass is 668 g/mol. The van der Waals surface area contributed by atoms with Crippen molar-refractivity contribution in [1.29, 1.82) is 0 Å². The van der Waals surface area contributed by atoms with Gasteiger partial charge in [0.1, 0.15) is 11.2 Å². The maximum absolute atomic E-state index is 16.0. The highest BCUT2D eigenvalue weighted by molar-refractivity contribution is 7.86. The molecule has 2 aromatic heterocycles. The van der Waals surface area contributed by atoms with E-state index in [4.69, 9.17) is 4.98 Å². The van der Waals surface area contributed by atoms with Crippen LogP contribution in [-0.2, 0) is 9.13 Å². The topological polar surface area (TPSA) is 51.4 Å². The molecule has 0 radical (unpaired) electrons. The third-order valence-electron chi connectivity index (χ3n) is 9.52. The molecule has 49 heavy (non-hydrogen) atoms. The molecule has 0 amide bonds. The van der Waals surface area contributed by atoms with Crippen LogP contribution in [0.1, 0.15) is 0 Å². The average Bonchev–Trinajstić information content (AvgIpc) is 3.59. The van der Waals surface area contributed by atoms with Crippen LogP contribution < -0.4 is 31.8 Å². The smallest absolute Gasteiger partial charge is 0.173 e. The Hall–Kier alpha value is -5.53. The van der Waals surface area contributed by atoms with Gasteiger partial charge in [-0.1, -0.05) is 164 Å². The summed E-state index contributed by atoms with van der Waals surface area (Å²) in [6, 6.07) is 59.3. The van der Waals surface area contributed by atoms with E-state index < -0.39 is 14.3 Å². The molecule has 0 saturated heterocycles. The number of imidazole rings is 1. The van der Waals surface area contributed by atoms with Gasteiger partial charge in [0.25, 0.3) is 0 Å². The van der Waals surface area contributed by atoms with Crippen molar-refractivity contribution in [2.45, 2.75) is 0 Å². The minimum absolute atomic E-state index is 0.667. The normalized spacial score (nSPS) is 12.2. The van der Waals surface area contributed by atoms with Crippen molar-refractivity contribution in [2.24, 2.45) is 0 Å². The largest absolute Gasteiger partial charge is 0.309 e. The molecule has 0 aliphatic carbocycles. The van der Waals surface area contributed by atoms with Crippen LogP contribution in [0.15, 0.2) is 182 Å². The molecule has 0 N–H and O–H groups in total. The molecule has 0 saturated carbocycles. The first-order valence-corrected chi connectivity index (χ1v) is 19.7. The molecule has 0 aliphatic rings. The van der Waals surface area contributed by atoms with Crippen molar-refractivity contribution >= 4 is 84.5 Å². The van der Waals surface area contributed by atoms with E-state index in [0.29, 0.717) is 10.8 Å². The van der Waals surface area contributed by atoms with Gasteiger partial charge in [0.05, 0.1) is 11.0 Å². The van der Waals surface area contributed by atoms with Crippen molar-refractivity contribution in [2.75, 3.05) is 0 Å². The van der Waals surface area contributed by atoms with E-state index in [1.165, 1.54) is 0 Å². The Kier molecular flexibility index (Phi) is 6.99. The quantitative estimate of drug-likeness (QED) is 0.133. The van der Waals surface area contributed by atoms with Crippen LogP contribution in [-0.4, -0.2) is 9.38 Å². The van der Waals surface area contributed by atoms with Gasteiger partial charge in [-0.3, -0.25) is 4.40 Å². The summed E-state index contributed by atoms with van der Waals surface area (Å²) >= 11 is 0. The van der Waals surface area contributed by atoms with E-state index in [1.807, 2.05) is 164 Å². The zero-order chi connectivity index (χ0) is 33.0. The molecule has 2 heterocycles. The highest BCUT2D eigenvalue weighted by Crippen LogP contribution is 2.47. The molecule has 0 unspecified atom stereocenters. The summed E-state index contributed by atoms with van der Waals surface area (Å²) in [6.45, 7) is 0. The molecule has 7 aromatic carbocycles. The molecule has 6 heteroatoms. The van der Waals surface area contributed by atoms with Crippen molar-refractivity contribution in [3.8, 4) is 0 Å². The number of para-hydroxylation sites is 2. The predicted octanol–water partition coefficient (Wildman–Crippen LogP) is 8.07. The highest BCUT2D eigenvalue weighted by Gasteiger charge is 2.35. The fourth-order valence-electron chi connectivity index (χ4n) is 7.30. The van der Waals surface area contributed by atoms with Gasteiger partial charge >= 0.3 is 0 Å². The highest BCUT2D eigenvalue weighted by atomic mass is 31.2. The molecular formula is C43H30N2O2P2. The van der Waals surface area contributed by atoms with Crippen LogP contribution >= 0.6 is 14.3 Å². The lowest BCUT2D eigenvalue weighted by Gasteiger charge is -2.23. The van der Waals surface area contributed by atoms with Crippen LogP contribution in [0.25, 0.3) is 38.4 Å². The van der Waals surface area contributed by atoms with Crippen molar-refractivity contribution in [1.82, 2.24) is 9.38 Å². The van der Waals surface area contributed by atoms with Crippen molar-refractivity contribution in [3.63, 3.8) is 0 Å². The second-order valence-corrected chi connectivity index (χ2v) is 17.7. The van der Waals surface area contributed by atoms with Crippen LogP contribution in [0.4, 0.5) is 0 Å². The lowest BCUT2D eigenvalue weighted by Crippen LogP contribution is -2.26. The van der Waals surface area contributed by atoms with Gasteiger partial charge in [0.2, 0.25) is 0 Å². The number of aromatic nitrogens is 2. The van der Waals surface area contributed by atoms with Gasteiger partial charge in [-0.15, -0.1) is 0 Å². The number of hydrogen-bond donors (Lipinski definition) is 0. The molecule has 0 atom stereocenters. The summed E-state index contributed by atoms with van der Waals surface area (Å²) < 4.78 is 33.9. The molecule has 0 aliphatic heterocycles. The van der Waals surface area contributed by atoms with Crippen molar-refractivity contribution < 1.29 is 9.13 Å². The van der Waals surface area contributed by atoms with Crippen molar-refractivity contribution in [3.05, 3.63) is 182 Å². The van der Waals surface area contributed by atoms with Gasteiger partial charge in [0, 0.05) is 42.6 Å². The summed E-state index contributed by atoms with van der Waals surface area (Å²) in [5.41, 5.74) is 3.05. The molecular weight excluding hydrogens is 638 g/mol. The van der Waals surface area contributed by atoms with E-state index in [-0.39, 0.29) is 0 Å². The molecule has 234 valence electrons. The van der Waals surface area contributed by atoms with Gasteiger partial charge in [-0.25, -0.2) is 4.98 Å². The fraction of sp³-hybridized carbons (Fsp3) is 0. The third-order valence-corrected chi connectivity index (χ3v) is 15.7. The molecule has 9 rings (SSSR count). The lowest BCUT2D eigenvalue weighted by molar-refractivity contribution is 0.591. The number of nitrogens with zero attached hydrogens (tertiary/aromatic N) is 2. The molecule has 9 aromatic rings. The van der Waals surface area contributed by atoms with Gasteiger partial charge in [0.15, 0.2) is 14.3 Å². The Balaban J connectivity index is 1.48. The first kappa shape index (κ1) is 29.6. The molecule has 0 spiro atoms. The van der Waals surface area contributed by atoms with E-state index >= 15 is 9.13 Å². The zero-order valence-electron chi connectivity index (χ0n) is 26.4. The number of hydrogen-bond acceptors (Lipinski definition) is 3. The molecule has 0 fully saturated rings. The zero-order valence-corrected chi connectivity index (χ0v) is 28.2. The number of pyridine rings is 1. The number of fused-ring (bicyclic) bond motifs is 8. The number of benzene rings is 7. The van der Waals surface area contributed by atoms with Crippen LogP contribution in [0.5, 0.6) is 0 Å². The Morgan fingerprint density at radius 2 is 0.796 bits per heavy atom. The minimum Gasteiger partial charge on any atom is -0.309 e. The van der Waals surface area contributed by atoms with Crippen LogP contribution in [0, 0.1) is 0 Å². The second-order valence-electron chi connectivity index (χ2n) is 12.2. The Morgan fingerprint density at radius 1 is 0.388 bits per heavy atom. The maximum Gasteiger partial charge on any atom is 0.173 e. The first-order chi connectivity index (χ1) is 24.1. The van der Waals surface area contributed by atoms with E-state index in [0.717, 1.165) is 59.4 Å². The first-order valence-electron chi connectivity index (χ1n) is 16.3. The van der Waals surface area contributed by atoms with Gasteiger partial charge < -0.3 is 9.13 Å². The summed E-state index contributed by atoms with van der Waals surface area (Å²) in [7, 11) is -6.77.